The molecule has 0 radical (unpaired) electrons. The molecule has 2 aromatic rings. The summed E-state index contributed by atoms with van der Waals surface area (Å²) in [7, 11) is 0. The normalized spacial score (nSPS) is 19.1. The highest BCUT2D eigenvalue weighted by Crippen LogP contribution is 2.42. The van der Waals surface area contributed by atoms with Crippen LogP contribution in [0.2, 0.25) is 0 Å². The van der Waals surface area contributed by atoms with E-state index in [2.05, 4.69) is 24.1 Å². The lowest BCUT2D eigenvalue weighted by Crippen LogP contribution is -2.55. The van der Waals surface area contributed by atoms with Crippen molar-refractivity contribution in [2.24, 2.45) is 11.3 Å². The van der Waals surface area contributed by atoms with Crippen LogP contribution in [0.4, 0.5) is 0 Å². The fraction of sp³-hybridized carbons (Fsp3) is 0.462. The van der Waals surface area contributed by atoms with Crippen molar-refractivity contribution in [3.05, 3.63) is 66.0 Å². The SMILES string of the molecule is CC(C)C[C@@]1(CC(=O)NO)CCN(C(Cc2ccccc2)C(=O)NCc2ccncc2)C(=O)C1. The third-order valence-corrected chi connectivity index (χ3v) is 6.40. The van der Waals surface area contributed by atoms with Gasteiger partial charge in [0.1, 0.15) is 6.04 Å². The van der Waals surface area contributed by atoms with Crippen molar-refractivity contribution in [2.75, 3.05) is 6.54 Å². The second-order valence-electron chi connectivity index (χ2n) is 9.60. The molecule has 8 heteroatoms. The summed E-state index contributed by atoms with van der Waals surface area (Å²) in [6.07, 6.45) is 5.29. The van der Waals surface area contributed by atoms with Gasteiger partial charge in [-0.25, -0.2) is 5.48 Å². The van der Waals surface area contributed by atoms with E-state index < -0.39 is 17.4 Å². The van der Waals surface area contributed by atoms with Crippen molar-refractivity contribution >= 4 is 17.7 Å². The van der Waals surface area contributed by atoms with Crippen LogP contribution >= 0.6 is 0 Å². The van der Waals surface area contributed by atoms with Crippen molar-refractivity contribution in [3.63, 3.8) is 0 Å². The number of hydrogen-bond acceptors (Lipinski definition) is 5. The molecular formula is C26H34N4O4. The van der Waals surface area contributed by atoms with E-state index in [9.17, 15) is 14.4 Å². The van der Waals surface area contributed by atoms with Crippen LogP contribution in [0.3, 0.4) is 0 Å². The molecule has 1 unspecified atom stereocenters. The molecule has 1 fully saturated rings. The zero-order chi connectivity index (χ0) is 24.6. The van der Waals surface area contributed by atoms with E-state index in [4.69, 9.17) is 5.21 Å². The molecule has 0 spiro atoms. The Morgan fingerprint density at radius 3 is 2.44 bits per heavy atom. The van der Waals surface area contributed by atoms with Gasteiger partial charge in [-0.3, -0.25) is 24.6 Å². The van der Waals surface area contributed by atoms with Gasteiger partial charge in [-0.05, 0) is 47.4 Å². The number of carbonyl (C=O) groups is 3. The van der Waals surface area contributed by atoms with Crippen molar-refractivity contribution in [3.8, 4) is 0 Å². The minimum atomic E-state index is -0.652. The molecule has 0 bridgehead atoms. The minimum absolute atomic E-state index is 0.0822. The van der Waals surface area contributed by atoms with E-state index in [-0.39, 0.29) is 30.6 Å². The third kappa shape index (κ3) is 6.87. The smallest absolute Gasteiger partial charge is 0.243 e. The molecule has 1 saturated heterocycles. The van der Waals surface area contributed by atoms with Crippen LogP contribution in [0.15, 0.2) is 54.9 Å². The van der Waals surface area contributed by atoms with E-state index in [0.29, 0.717) is 32.4 Å². The Labute approximate surface area is 200 Å². The van der Waals surface area contributed by atoms with Crippen LogP contribution in [-0.4, -0.2) is 45.4 Å². The molecule has 1 aliphatic heterocycles. The van der Waals surface area contributed by atoms with Gasteiger partial charge in [0.05, 0.1) is 0 Å². The van der Waals surface area contributed by atoms with Crippen molar-refractivity contribution < 1.29 is 19.6 Å². The molecule has 2 atom stereocenters. The van der Waals surface area contributed by atoms with Crippen LogP contribution < -0.4 is 10.8 Å². The van der Waals surface area contributed by atoms with E-state index in [0.717, 1.165) is 11.1 Å². The Hall–Kier alpha value is -3.26. The summed E-state index contributed by atoms with van der Waals surface area (Å²) in [6.45, 7) is 4.84. The number of hydrogen-bond donors (Lipinski definition) is 3. The van der Waals surface area contributed by atoms with E-state index in [1.807, 2.05) is 42.5 Å². The van der Waals surface area contributed by atoms with Gasteiger partial charge in [0.2, 0.25) is 17.7 Å². The quantitative estimate of drug-likeness (QED) is 0.368. The maximum Gasteiger partial charge on any atom is 0.243 e. The minimum Gasteiger partial charge on any atom is -0.350 e. The molecule has 0 aliphatic carbocycles. The molecule has 2 heterocycles. The van der Waals surface area contributed by atoms with Crippen LogP contribution in [-0.2, 0) is 27.3 Å². The number of amides is 3. The van der Waals surface area contributed by atoms with Gasteiger partial charge in [0, 0.05) is 44.7 Å². The second-order valence-corrected chi connectivity index (χ2v) is 9.60. The van der Waals surface area contributed by atoms with Gasteiger partial charge < -0.3 is 10.2 Å². The highest BCUT2D eigenvalue weighted by molar-refractivity contribution is 5.89. The topological polar surface area (TPSA) is 112 Å². The van der Waals surface area contributed by atoms with Gasteiger partial charge in [-0.15, -0.1) is 0 Å². The first-order valence-corrected chi connectivity index (χ1v) is 11.7. The average molecular weight is 467 g/mol. The number of nitrogens with one attached hydrogen (secondary N) is 2. The Balaban J connectivity index is 1.79. The number of carbonyl (C=O) groups excluding carboxylic acids is 3. The largest absolute Gasteiger partial charge is 0.350 e. The zero-order valence-electron chi connectivity index (χ0n) is 19.9. The van der Waals surface area contributed by atoms with E-state index >= 15 is 0 Å². The zero-order valence-corrected chi connectivity index (χ0v) is 19.9. The first-order valence-electron chi connectivity index (χ1n) is 11.7. The monoisotopic (exact) mass is 466 g/mol. The maximum absolute atomic E-state index is 13.4. The maximum atomic E-state index is 13.4. The summed E-state index contributed by atoms with van der Waals surface area (Å²) in [5.74, 6) is -0.552. The number of piperidine rings is 1. The summed E-state index contributed by atoms with van der Waals surface area (Å²) >= 11 is 0. The van der Waals surface area contributed by atoms with Gasteiger partial charge in [-0.1, -0.05) is 44.2 Å². The predicted octanol–water partition coefficient (Wildman–Crippen LogP) is 2.86. The number of benzene rings is 1. The van der Waals surface area contributed by atoms with Crippen LogP contribution in [0.25, 0.3) is 0 Å². The van der Waals surface area contributed by atoms with E-state index in [1.165, 1.54) is 0 Å². The highest BCUT2D eigenvalue weighted by Gasteiger charge is 2.43. The van der Waals surface area contributed by atoms with Crippen molar-refractivity contribution in [1.29, 1.82) is 0 Å². The fourth-order valence-corrected chi connectivity index (χ4v) is 4.96. The summed E-state index contributed by atoms with van der Waals surface area (Å²) in [4.78, 5) is 44.4. The number of nitrogens with zero attached hydrogens (tertiary/aromatic N) is 2. The molecular weight excluding hydrogens is 432 g/mol. The summed E-state index contributed by atoms with van der Waals surface area (Å²) in [5.41, 5.74) is 3.08. The van der Waals surface area contributed by atoms with Gasteiger partial charge >= 0.3 is 0 Å². The molecule has 1 aromatic heterocycles. The molecule has 1 aromatic carbocycles. The number of hydroxylamine groups is 1. The molecule has 3 amide bonds. The van der Waals surface area contributed by atoms with Crippen molar-refractivity contribution in [2.45, 2.75) is 58.5 Å². The lowest BCUT2D eigenvalue weighted by atomic mass is 9.69. The predicted molar refractivity (Wildman–Crippen MR) is 127 cm³/mol. The summed E-state index contributed by atoms with van der Waals surface area (Å²) in [6, 6.07) is 12.7. The first kappa shape index (κ1) is 25.4. The van der Waals surface area contributed by atoms with Crippen molar-refractivity contribution in [1.82, 2.24) is 20.7 Å². The molecule has 1 aliphatic rings. The molecule has 3 N–H and O–H groups in total. The Kier molecular flexibility index (Phi) is 8.76. The lowest BCUT2D eigenvalue weighted by molar-refractivity contribution is -0.149. The summed E-state index contributed by atoms with van der Waals surface area (Å²) < 4.78 is 0. The second kappa shape index (κ2) is 11.7. The van der Waals surface area contributed by atoms with Crippen LogP contribution in [0.5, 0.6) is 0 Å². The first-order chi connectivity index (χ1) is 16.3. The average Bonchev–Trinajstić information content (AvgIpc) is 2.82. The Morgan fingerprint density at radius 2 is 1.82 bits per heavy atom. The van der Waals surface area contributed by atoms with Crippen LogP contribution in [0.1, 0.15) is 50.7 Å². The molecule has 0 saturated carbocycles. The summed E-state index contributed by atoms with van der Waals surface area (Å²) in [5, 5.41) is 12.0. The lowest BCUT2D eigenvalue weighted by Gasteiger charge is -2.44. The standard InChI is InChI=1S/C26H34N4O4/c1-19(2)15-26(16-23(31)29-34)10-13-30(24(32)17-26)22(14-20-6-4-3-5-7-20)25(33)28-18-21-8-11-27-12-9-21/h3-9,11-12,19,22,34H,10,13-18H2,1-2H3,(H,28,33)(H,29,31)/t22?,26-/m1/s1. The Bertz CT molecular complexity index is 967. The highest BCUT2D eigenvalue weighted by atomic mass is 16.5. The number of pyridine rings is 1. The van der Waals surface area contributed by atoms with Gasteiger partial charge in [0.25, 0.3) is 0 Å². The number of aromatic nitrogens is 1. The third-order valence-electron chi connectivity index (χ3n) is 6.40. The number of likely N-dealkylation sites (tertiary alicyclic amines) is 1. The van der Waals surface area contributed by atoms with Gasteiger partial charge in [-0.2, -0.15) is 0 Å². The van der Waals surface area contributed by atoms with Gasteiger partial charge in [0.15, 0.2) is 0 Å². The molecule has 3 rings (SSSR count). The molecule has 8 nitrogen and oxygen atoms in total. The Morgan fingerprint density at radius 1 is 1.12 bits per heavy atom. The van der Waals surface area contributed by atoms with E-state index in [1.54, 1.807) is 22.8 Å². The molecule has 182 valence electrons. The molecule has 34 heavy (non-hydrogen) atoms. The van der Waals surface area contributed by atoms with Crippen LogP contribution in [0, 0.1) is 11.3 Å². The number of rotatable bonds is 10. The fourth-order valence-electron chi connectivity index (χ4n) is 4.96.